The number of carbonyl (C=O) groups is 1. The van der Waals surface area contributed by atoms with Gasteiger partial charge in [0, 0.05) is 24.2 Å². The van der Waals surface area contributed by atoms with Crippen molar-refractivity contribution in [1.82, 2.24) is 0 Å². The highest BCUT2D eigenvalue weighted by Gasteiger charge is 2.77. The molecular weight excluding hydrogens is 428 g/mol. The molecule has 1 heterocycles. The Kier molecular flexibility index (Phi) is 5.35. The van der Waals surface area contributed by atoms with Crippen molar-refractivity contribution in [3.8, 4) is 0 Å². The lowest BCUT2D eigenvalue weighted by Gasteiger charge is -2.70. The molecule has 0 aromatic rings. The van der Waals surface area contributed by atoms with Crippen molar-refractivity contribution in [3.63, 3.8) is 0 Å². The number of aliphatic hydroxyl groups excluding tert-OH is 2. The maximum atomic E-state index is 12.8. The van der Waals surface area contributed by atoms with Crippen LogP contribution in [0.25, 0.3) is 0 Å². The number of rotatable bonds is 2. The molecular formula is C25H40O8. The SMILES string of the molecule is CCOC(=O)[C@H]1CC[C@@]2(O)[C@@H]3CC[C@]4(O)C[C@@H](O)C[C@H]5OC(C)(C)OC[C@]54[C@H]3[C@H](O)C[C@]12C. The summed E-state index contributed by atoms with van der Waals surface area (Å²) in [5, 5.41) is 46.6. The van der Waals surface area contributed by atoms with Crippen LogP contribution in [0.4, 0.5) is 0 Å². The van der Waals surface area contributed by atoms with Crippen molar-refractivity contribution in [2.24, 2.45) is 28.6 Å². The fourth-order valence-corrected chi connectivity index (χ4v) is 8.89. The van der Waals surface area contributed by atoms with E-state index in [2.05, 4.69) is 0 Å². The molecule has 0 radical (unpaired) electrons. The number of fused-ring (bicyclic) bond motifs is 3. The lowest BCUT2D eigenvalue weighted by Crippen LogP contribution is -2.78. The zero-order valence-electron chi connectivity index (χ0n) is 20.2. The lowest BCUT2D eigenvalue weighted by molar-refractivity contribution is -0.401. The van der Waals surface area contributed by atoms with Gasteiger partial charge in [0.1, 0.15) is 0 Å². The summed E-state index contributed by atoms with van der Waals surface area (Å²) in [6.07, 6.45) is 0.587. The minimum absolute atomic E-state index is 0.195. The Hall–Kier alpha value is -0.770. The van der Waals surface area contributed by atoms with Crippen LogP contribution >= 0.6 is 0 Å². The van der Waals surface area contributed by atoms with Gasteiger partial charge in [0.05, 0.1) is 54.1 Å². The van der Waals surface area contributed by atoms with Gasteiger partial charge in [0.15, 0.2) is 5.79 Å². The van der Waals surface area contributed by atoms with Crippen molar-refractivity contribution in [1.29, 1.82) is 0 Å². The average Bonchev–Trinajstić information content (AvgIpc) is 2.97. The Balaban J connectivity index is 1.58. The molecule has 0 aromatic heterocycles. The van der Waals surface area contributed by atoms with Crippen LogP contribution in [0.15, 0.2) is 0 Å². The molecule has 33 heavy (non-hydrogen) atoms. The van der Waals surface area contributed by atoms with Gasteiger partial charge in [-0.15, -0.1) is 0 Å². The highest BCUT2D eigenvalue weighted by molar-refractivity contribution is 5.74. The molecule has 0 amide bonds. The minimum atomic E-state index is -1.27. The van der Waals surface area contributed by atoms with Crippen LogP contribution in [0.2, 0.25) is 0 Å². The van der Waals surface area contributed by atoms with Gasteiger partial charge in [0.25, 0.3) is 0 Å². The molecule has 188 valence electrons. The largest absolute Gasteiger partial charge is 0.466 e. The second-order valence-corrected chi connectivity index (χ2v) is 12.1. The highest BCUT2D eigenvalue weighted by atomic mass is 16.7. The van der Waals surface area contributed by atoms with Crippen LogP contribution in [-0.4, -0.2) is 74.9 Å². The molecule has 0 bridgehead atoms. The van der Waals surface area contributed by atoms with Gasteiger partial charge in [0.2, 0.25) is 0 Å². The summed E-state index contributed by atoms with van der Waals surface area (Å²) < 4.78 is 17.8. The highest BCUT2D eigenvalue weighted by Crippen LogP contribution is 2.71. The van der Waals surface area contributed by atoms with E-state index in [1.165, 1.54) is 0 Å². The Morgan fingerprint density at radius 2 is 1.82 bits per heavy atom. The summed E-state index contributed by atoms with van der Waals surface area (Å²) in [6, 6.07) is 0. The van der Waals surface area contributed by atoms with E-state index in [9.17, 15) is 25.2 Å². The predicted molar refractivity (Wildman–Crippen MR) is 117 cm³/mol. The minimum Gasteiger partial charge on any atom is -0.466 e. The van der Waals surface area contributed by atoms with Gasteiger partial charge in [-0.1, -0.05) is 6.92 Å². The molecule has 0 unspecified atom stereocenters. The summed E-state index contributed by atoms with van der Waals surface area (Å²) >= 11 is 0. The maximum Gasteiger partial charge on any atom is 0.309 e. The molecule has 0 aromatic carbocycles. The number of ether oxygens (including phenoxy) is 3. The molecule has 5 fully saturated rings. The number of aliphatic hydroxyl groups is 4. The molecule has 5 rings (SSSR count). The Morgan fingerprint density at radius 1 is 1.09 bits per heavy atom. The van der Waals surface area contributed by atoms with Crippen LogP contribution in [0.1, 0.15) is 72.6 Å². The third-order valence-electron chi connectivity index (χ3n) is 10.3. The summed E-state index contributed by atoms with van der Waals surface area (Å²) in [5.74, 6) is -2.44. The van der Waals surface area contributed by atoms with E-state index in [-0.39, 0.29) is 37.9 Å². The van der Waals surface area contributed by atoms with Crippen molar-refractivity contribution >= 4 is 5.97 Å². The number of esters is 1. The molecule has 1 spiro atoms. The summed E-state index contributed by atoms with van der Waals surface area (Å²) in [6.45, 7) is 7.81. The lowest BCUT2D eigenvalue weighted by atomic mass is 9.40. The van der Waals surface area contributed by atoms with Crippen molar-refractivity contribution in [3.05, 3.63) is 0 Å². The van der Waals surface area contributed by atoms with E-state index in [0.717, 1.165) is 0 Å². The molecule has 8 heteroatoms. The maximum absolute atomic E-state index is 12.8. The van der Waals surface area contributed by atoms with E-state index in [0.29, 0.717) is 32.1 Å². The van der Waals surface area contributed by atoms with Crippen molar-refractivity contribution in [2.45, 2.75) is 108 Å². The molecule has 8 nitrogen and oxygen atoms in total. The van der Waals surface area contributed by atoms with Crippen molar-refractivity contribution < 1.29 is 39.4 Å². The van der Waals surface area contributed by atoms with E-state index in [1.807, 2.05) is 20.8 Å². The first kappa shape index (κ1) is 23.9. The summed E-state index contributed by atoms with van der Waals surface area (Å²) in [4.78, 5) is 12.8. The van der Waals surface area contributed by atoms with Gasteiger partial charge in [-0.2, -0.15) is 0 Å². The van der Waals surface area contributed by atoms with Gasteiger partial charge >= 0.3 is 5.97 Å². The normalized spacial score (nSPS) is 55.0. The van der Waals surface area contributed by atoms with Gasteiger partial charge in [-0.3, -0.25) is 4.79 Å². The molecule has 10 atom stereocenters. The zero-order valence-corrected chi connectivity index (χ0v) is 20.2. The average molecular weight is 469 g/mol. The first-order chi connectivity index (χ1) is 15.3. The van der Waals surface area contributed by atoms with Crippen LogP contribution in [0.3, 0.4) is 0 Å². The van der Waals surface area contributed by atoms with Crippen LogP contribution in [0.5, 0.6) is 0 Å². The molecule has 4 N–H and O–H groups in total. The Morgan fingerprint density at radius 3 is 2.52 bits per heavy atom. The predicted octanol–water partition coefficient (Wildman–Crippen LogP) is 1.51. The first-order valence-corrected chi connectivity index (χ1v) is 12.6. The van der Waals surface area contributed by atoms with Crippen LogP contribution in [-0.2, 0) is 19.0 Å². The van der Waals surface area contributed by atoms with Gasteiger partial charge in [-0.05, 0) is 58.8 Å². The zero-order chi connectivity index (χ0) is 24.0. The molecule has 4 saturated carbocycles. The third-order valence-corrected chi connectivity index (χ3v) is 10.3. The first-order valence-electron chi connectivity index (χ1n) is 12.6. The Bertz CT molecular complexity index is 816. The summed E-state index contributed by atoms with van der Waals surface area (Å²) in [7, 11) is 0. The quantitative estimate of drug-likeness (QED) is 0.450. The third kappa shape index (κ3) is 3.01. The molecule has 4 aliphatic carbocycles. The Labute approximate surface area is 195 Å². The monoisotopic (exact) mass is 468 g/mol. The van der Waals surface area contributed by atoms with Gasteiger partial charge < -0.3 is 34.6 Å². The number of hydrogen-bond donors (Lipinski definition) is 4. The second-order valence-electron chi connectivity index (χ2n) is 12.1. The van der Waals surface area contributed by atoms with E-state index in [1.54, 1.807) is 6.92 Å². The fourth-order valence-electron chi connectivity index (χ4n) is 8.89. The van der Waals surface area contributed by atoms with E-state index < -0.39 is 58.0 Å². The molecule has 5 aliphatic rings. The van der Waals surface area contributed by atoms with Crippen LogP contribution in [0, 0.1) is 28.6 Å². The topological polar surface area (TPSA) is 126 Å². The van der Waals surface area contributed by atoms with Crippen molar-refractivity contribution in [2.75, 3.05) is 13.2 Å². The molecule has 1 aliphatic heterocycles. The number of hydrogen-bond acceptors (Lipinski definition) is 8. The second kappa shape index (κ2) is 7.37. The van der Waals surface area contributed by atoms with E-state index in [4.69, 9.17) is 14.2 Å². The molecule has 1 saturated heterocycles. The number of carbonyl (C=O) groups excluding carboxylic acids is 1. The fraction of sp³-hybridized carbons (Fsp3) is 0.960. The standard InChI is InChI=1S/C25H40O8/c1-5-31-20(28)16-7-9-25(30)15-6-8-23(29)11-14(26)10-18-24(23,13-32-21(2,3)33-18)19(15)17(27)12-22(16,25)4/h14-19,26-27,29-30H,5-13H2,1-4H3/t14-,15+,16+,17+,18+,19+,22+,23-,24+,25+/m0/s1. The van der Waals surface area contributed by atoms with Crippen LogP contribution < -0.4 is 0 Å². The van der Waals surface area contributed by atoms with E-state index >= 15 is 0 Å². The smallest absolute Gasteiger partial charge is 0.309 e. The van der Waals surface area contributed by atoms with Gasteiger partial charge in [-0.25, -0.2) is 0 Å². The summed E-state index contributed by atoms with van der Waals surface area (Å²) in [5.41, 5.74) is -4.19.